The summed E-state index contributed by atoms with van der Waals surface area (Å²) in [6.07, 6.45) is 0.888. The maximum Gasteiger partial charge on any atom is 0.276 e. The Balaban J connectivity index is 1.85. The molecule has 0 aliphatic rings. The molecule has 0 spiro atoms. The first-order valence-electron chi connectivity index (χ1n) is 9.06. The molecule has 0 fully saturated rings. The molecule has 0 saturated carbocycles. The highest BCUT2D eigenvalue weighted by atomic mass is 79.9. The zero-order chi connectivity index (χ0) is 20.5. The third-order valence-electron chi connectivity index (χ3n) is 3.90. The summed E-state index contributed by atoms with van der Waals surface area (Å²) in [6, 6.07) is 12.4. The van der Waals surface area contributed by atoms with E-state index in [1.54, 1.807) is 30.3 Å². The van der Waals surface area contributed by atoms with Gasteiger partial charge in [-0.3, -0.25) is 20.4 Å². The summed E-state index contributed by atoms with van der Waals surface area (Å²) in [7, 11) is 0. The Hall–Kier alpha value is -2.54. The van der Waals surface area contributed by atoms with Gasteiger partial charge < -0.3 is 9.47 Å². The Morgan fingerprint density at radius 1 is 1.04 bits per heavy atom. The van der Waals surface area contributed by atoms with Crippen LogP contribution in [-0.4, -0.2) is 25.0 Å². The highest BCUT2D eigenvalue weighted by Gasteiger charge is 2.13. The summed E-state index contributed by atoms with van der Waals surface area (Å²) in [5, 5.41) is 0. The summed E-state index contributed by atoms with van der Waals surface area (Å²) in [5.74, 6) is 0.682. The third-order valence-corrected chi connectivity index (χ3v) is 4.39. The number of nitrogens with one attached hydrogen (secondary N) is 2. The molecule has 0 aliphatic carbocycles. The van der Waals surface area contributed by atoms with Crippen molar-refractivity contribution < 1.29 is 19.1 Å². The first-order valence-corrected chi connectivity index (χ1v) is 9.86. The zero-order valence-corrected chi connectivity index (χ0v) is 17.8. The molecule has 0 unspecified atom stereocenters. The van der Waals surface area contributed by atoms with E-state index < -0.39 is 11.8 Å². The minimum Gasteiger partial charge on any atom is -0.493 e. The number of carbonyl (C=O) groups excluding carboxylic acids is 2. The van der Waals surface area contributed by atoms with Gasteiger partial charge in [-0.2, -0.15) is 0 Å². The number of ether oxygens (including phenoxy) is 2. The van der Waals surface area contributed by atoms with E-state index in [9.17, 15) is 9.59 Å². The average molecular weight is 449 g/mol. The van der Waals surface area contributed by atoms with Crippen molar-refractivity contribution in [3.8, 4) is 11.5 Å². The molecule has 6 nitrogen and oxygen atoms in total. The van der Waals surface area contributed by atoms with Crippen molar-refractivity contribution in [2.45, 2.75) is 27.2 Å². The summed E-state index contributed by atoms with van der Waals surface area (Å²) in [4.78, 5) is 24.4. The lowest BCUT2D eigenvalue weighted by atomic mass is 10.1. The molecule has 150 valence electrons. The van der Waals surface area contributed by atoms with Crippen molar-refractivity contribution in [1.29, 1.82) is 0 Å². The summed E-state index contributed by atoms with van der Waals surface area (Å²) >= 11 is 3.38. The van der Waals surface area contributed by atoms with Crippen LogP contribution in [0.4, 0.5) is 0 Å². The van der Waals surface area contributed by atoms with Crippen molar-refractivity contribution in [1.82, 2.24) is 10.9 Å². The smallest absolute Gasteiger partial charge is 0.276 e. The van der Waals surface area contributed by atoms with E-state index in [0.717, 1.165) is 16.5 Å². The van der Waals surface area contributed by atoms with Crippen LogP contribution in [0.5, 0.6) is 11.5 Å². The molecule has 2 amide bonds. The lowest BCUT2D eigenvalue weighted by molar-refractivity contribution is -0.123. The SMILES string of the molecule is Cc1cc(Br)ccc1OCC(=O)NNC(=O)c1ccccc1OCCC(C)C. The number of para-hydroxylation sites is 1. The monoisotopic (exact) mass is 448 g/mol. The minimum atomic E-state index is -0.464. The van der Waals surface area contributed by atoms with Gasteiger partial charge in [0.25, 0.3) is 11.8 Å². The van der Waals surface area contributed by atoms with E-state index >= 15 is 0 Å². The molecule has 0 atom stereocenters. The molecule has 0 aliphatic heterocycles. The van der Waals surface area contributed by atoms with Gasteiger partial charge in [0.05, 0.1) is 12.2 Å². The lowest BCUT2D eigenvalue weighted by Crippen LogP contribution is -2.44. The molecule has 2 N–H and O–H groups in total. The van der Waals surface area contributed by atoms with Crippen LogP contribution in [0.15, 0.2) is 46.9 Å². The van der Waals surface area contributed by atoms with Crippen molar-refractivity contribution >= 4 is 27.7 Å². The Kier molecular flexibility index (Phi) is 8.32. The number of hydrazine groups is 1. The van der Waals surface area contributed by atoms with Crippen LogP contribution in [0.2, 0.25) is 0 Å². The highest BCUT2D eigenvalue weighted by molar-refractivity contribution is 9.10. The van der Waals surface area contributed by atoms with Crippen molar-refractivity contribution in [2.75, 3.05) is 13.2 Å². The van der Waals surface area contributed by atoms with Gasteiger partial charge in [0, 0.05) is 4.47 Å². The molecule has 0 radical (unpaired) electrons. The quantitative estimate of drug-likeness (QED) is 0.597. The average Bonchev–Trinajstić information content (AvgIpc) is 2.65. The topological polar surface area (TPSA) is 76.7 Å². The number of benzene rings is 2. The van der Waals surface area contributed by atoms with Gasteiger partial charge in [0.2, 0.25) is 0 Å². The molecule has 28 heavy (non-hydrogen) atoms. The van der Waals surface area contributed by atoms with Gasteiger partial charge in [0.15, 0.2) is 6.61 Å². The Bertz CT molecular complexity index is 824. The van der Waals surface area contributed by atoms with Crippen LogP contribution in [0.1, 0.15) is 36.2 Å². The van der Waals surface area contributed by atoms with Crippen LogP contribution in [-0.2, 0) is 4.79 Å². The Labute approximate surface area is 173 Å². The maximum absolute atomic E-state index is 12.4. The summed E-state index contributed by atoms with van der Waals surface area (Å²) in [5.41, 5.74) is 6.01. The Morgan fingerprint density at radius 3 is 2.50 bits per heavy atom. The van der Waals surface area contributed by atoms with Gasteiger partial charge in [-0.05, 0) is 55.2 Å². The molecule has 0 heterocycles. The summed E-state index contributed by atoms with van der Waals surface area (Å²) < 4.78 is 12.1. The van der Waals surface area contributed by atoms with Gasteiger partial charge in [-0.15, -0.1) is 0 Å². The van der Waals surface area contributed by atoms with Crippen LogP contribution >= 0.6 is 15.9 Å². The minimum absolute atomic E-state index is 0.213. The fourth-order valence-electron chi connectivity index (χ4n) is 2.33. The third kappa shape index (κ3) is 6.88. The molecular formula is C21H25BrN2O4. The first kappa shape index (κ1) is 21.8. The molecule has 0 bridgehead atoms. The van der Waals surface area contributed by atoms with Gasteiger partial charge >= 0.3 is 0 Å². The number of rotatable bonds is 8. The van der Waals surface area contributed by atoms with Crippen LogP contribution in [0.3, 0.4) is 0 Å². The number of halogens is 1. The largest absolute Gasteiger partial charge is 0.493 e. The molecule has 7 heteroatoms. The fourth-order valence-corrected chi connectivity index (χ4v) is 2.81. The van der Waals surface area contributed by atoms with Gasteiger partial charge in [-0.25, -0.2) is 0 Å². The molecule has 0 aromatic heterocycles. The van der Waals surface area contributed by atoms with E-state index in [4.69, 9.17) is 9.47 Å². The molecule has 2 rings (SSSR count). The van der Waals surface area contributed by atoms with E-state index in [1.165, 1.54) is 0 Å². The van der Waals surface area contributed by atoms with E-state index in [1.807, 2.05) is 19.1 Å². The predicted octanol–water partition coefficient (Wildman–Crippen LogP) is 4.02. The van der Waals surface area contributed by atoms with E-state index in [2.05, 4.69) is 40.6 Å². The number of aryl methyl sites for hydroxylation is 1. The van der Waals surface area contributed by atoms with E-state index in [-0.39, 0.29) is 6.61 Å². The van der Waals surface area contributed by atoms with Crippen molar-refractivity contribution in [3.63, 3.8) is 0 Å². The van der Waals surface area contributed by atoms with Crippen LogP contribution < -0.4 is 20.3 Å². The normalized spacial score (nSPS) is 10.5. The molecule has 0 saturated heterocycles. The second-order valence-electron chi connectivity index (χ2n) is 6.73. The summed E-state index contributed by atoms with van der Waals surface area (Å²) in [6.45, 7) is 6.41. The number of hydrogen-bond donors (Lipinski definition) is 2. The number of amides is 2. The predicted molar refractivity (Wildman–Crippen MR) is 111 cm³/mol. The van der Waals surface area contributed by atoms with Gasteiger partial charge in [-0.1, -0.05) is 41.9 Å². The zero-order valence-electron chi connectivity index (χ0n) is 16.3. The number of hydrogen-bond acceptors (Lipinski definition) is 4. The van der Waals surface area contributed by atoms with Gasteiger partial charge in [0.1, 0.15) is 11.5 Å². The van der Waals surface area contributed by atoms with Crippen molar-refractivity contribution in [3.05, 3.63) is 58.1 Å². The lowest BCUT2D eigenvalue weighted by Gasteiger charge is -2.13. The first-order chi connectivity index (χ1) is 13.4. The maximum atomic E-state index is 12.4. The molecule has 2 aromatic carbocycles. The standard InChI is InChI=1S/C21H25BrN2O4/c1-14(2)10-11-27-19-7-5-4-6-17(19)21(26)24-23-20(25)13-28-18-9-8-16(22)12-15(18)3/h4-9,12,14H,10-11,13H2,1-3H3,(H,23,25)(H,24,26). The molecule has 2 aromatic rings. The number of carbonyl (C=O) groups is 2. The van der Waals surface area contributed by atoms with Crippen molar-refractivity contribution in [2.24, 2.45) is 5.92 Å². The fraction of sp³-hybridized carbons (Fsp3) is 0.333. The second-order valence-corrected chi connectivity index (χ2v) is 7.64. The second kappa shape index (κ2) is 10.7. The van der Waals surface area contributed by atoms with E-state index in [0.29, 0.717) is 29.6 Å². The van der Waals surface area contributed by atoms with Crippen LogP contribution in [0.25, 0.3) is 0 Å². The van der Waals surface area contributed by atoms with Crippen LogP contribution in [0, 0.1) is 12.8 Å². The molecular weight excluding hydrogens is 424 g/mol. The Morgan fingerprint density at radius 2 is 1.79 bits per heavy atom. The highest BCUT2D eigenvalue weighted by Crippen LogP contribution is 2.22.